The minimum Gasteiger partial charge on any atom is -0.368 e. The molecule has 1 aromatic rings. The number of urea groups is 1. The van der Waals surface area contributed by atoms with Crippen molar-refractivity contribution >= 4 is 29.2 Å². The molecule has 3 N–H and O–H groups in total. The van der Waals surface area contributed by atoms with Crippen molar-refractivity contribution < 1.29 is 9.59 Å². The monoisotopic (exact) mass is 267 g/mol. The molecule has 1 saturated heterocycles. The fraction of sp³-hybridized carbons (Fsp3) is 0.333. The molecule has 1 fully saturated rings. The third kappa shape index (κ3) is 2.73. The first-order valence-corrected chi connectivity index (χ1v) is 6.08. The summed E-state index contributed by atoms with van der Waals surface area (Å²) in [7, 11) is 0. The van der Waals surface area contributed by atoms with E-state index in [1.54, 1.807) is 24.3 Å². The number of carbonyl (C=O) groups is 2. The van der Waals surface area contributed by atoms with Crippen molar-refractivity contribution in [3.63, 3.8) is 0 Å². The highest BCUT2D eigenvalue weighted by atomic mass is 35.5. The summed E-state index contributed by atoms with van der Waals surface area (Å²) in [6.45, 7) is 0.549. The molecule has 1 aromatic carbocycles. The van der Waals surface area contributed by atoms with E-state index >= 15 is 0 Å². The average Bonchev–Trinajstić information content (AvgIpc) is 2.81. The van der Waals surface area contributed by atoms with Crippen LogP contribution >= 0.6 is 11.6 Å². The molecule has 1 heterocycles. The predicted molar refractivity (Wildman–Crippen MR) is 69.4 cm³/mol. The molecule has 0 radical (unpaired) electrons. The van der Waals surface area contributed by atoms with Gasteiger partial charge in [0.2, 0.25) is 5.91 Å². The van der Waals surface area contributed by atoms with Crippen molar-refractivity contribution in [3.8, 4) is 0 Å². The average molecular weight is 268 g/mol. The second kappa shape index (κ2) is 5.27. The van der Waals surface area contributed by atoms with Gasteiger partial charge in [0.25, 0.3) is 0 Å². The van der Waals surface area contributed by atoms with Crippen LogP contribution in [0.25, 0.3) is 0 Å². The molecular weight excluding hydrogens is 254 g/mol. The van der Waals surface area contributed by atoms with E-state index in [1.807, 2.05) is 0 Å². The number of nitrogens with one attached hydrogen (secondary N) is 1. The van der Waals surface area contributed by atoms with Gasteiger partial charge in [-0.05, 0) is 37.1 Å². The summed E-state index contributed by atoms with van der Waals surface area (Å²) in [6, 6.07) is 5.97. The maximum atomic E-state index is 12.0. The molecule has 0 saturated carbocycles. The van der Waals surface area contributed by atoms with Crippen LogP contribution in [-0.2, 0) is 4.79 Å². The van der Waals surface area contributed by atoms with Gasteiger partial charge in [-0.15, -0.1) is 0 Å². The Bertz CT molecular complexity index is 461. The highest BCUT2D eigenvalue weighted by Crippen LogP contribution is 2.19. The van der Waals surface area contributed by atoms with E-state index in [9.17, 15) is 9.59 Å². The maximum absolute atomic E-state index is 12.0. The Labute approximate surface area is 110 Å². The fourth-order valence-electron chi connectivity index (χ4n) is 2.03. The van der Waals surface area contributed by atoms with E-state index in [1.165, 1.54) is 4.90 Å². The van der Waals surface area contributed by atoms with Crippen LogP contribution in [0.4, 0.5) is 10.5 Å². The Morgan fingerprint density at radius 2 is 2.00 bits per heavy atom. The summed E-state index contributed by atoms with van der Waals surface area (Å²) >= 11 is 5.76. The van der Waals surface area contributed by atoms with E-state index in [0.717, 1.165) is 6.42 Å². The highest BCUT2D eigenvalue weighted by molar-refractivity contribution is 6.30. The van der Waals surface area contributed by atoms with E-state index in [0.29, 0.717) is 23.7 Å². The number of rotatable bonds is 2. The number of nitrogens with two attached hydrogens (primary N) is 1. The van der Waals surface area contributed by atoms with Gasteiger partial charge in [-0.3, -0.25) is 4.79 Å². The molecule has 3 amide bonds. The molecule has 5 nitrogen and oxygen atoms in total. The Kier molecular flexibility index (Phi) is 3.72. The number of likely N-dealkylation sites (tertiary alicyclic amines) is 1. The number of halogens is 1. The number of nitrogens with zero attached hydrogens (tertiary/aromatic N) is 1. The largest absolute Gasteiger partial charge is 0.368 e. The molecule has 18 heavy (non-hydrogen) atoms. The van der Waals surface area contributed by atoms with Crippen LogP contribution < -0.4 is 11.1 Å². The number of primary amides is 1. The van der Waals surface area contributed by atoms with Gasteiger partial charge in [-0.25, -0.2) is 4.79 Å². The Morgan fingerprint density at radius 1 is 1.33 bits per heavy atom. The van der Waals surface area contributed by atoms with Crippen molar-refractivity contribution in [3.05, 3.63) is 29.3 Å². The lowest BCUT2D eigenvalue weighted by Gasteiger charge is -2.22. The lowest BCUT2D eigenvalue weighted by atomic mass is 10.2. The third-order valence-electron chi connectivity index (χ3n) is 2.94. The van der Waals surface area contributed by atoms with Gasteiger partial charge < -0.3 is 16.0 Å². The number of anilines is 1. The summed E-state index contributed by atoms with van der Waals surface area (Å²) in [6.07, 6.45) is 1.42. The predicted octanol–water partition coefficient (Wildman–Crippen LogP) is 1.82. The van der Waals surface area contributed by atoms with Crippen LogP contribution in [0.3, 0.4) is 0 Å². The Hall–Kier alpha value is -1.75. The third-order valence-corrected chi connectivity index (χ3v) is 3.19. The molecule has 0 aliphatic carbocycles. The number of benzene rings is 1. The van der Waals surface area contributed by atoms with E-state index in [-0.39, 0.29) is 6.03 Å². The molecule has 0 aromatic heterocycles. The zero-order valence-electron chi connectivity index (χ0n) is 9.73. The van der Waals surface area contributed by atoms with Gasteiger partial charge in [0.1, 0.15) is 6.04 Å². The van der Waals surface area contributed by atoms with E-state index < -0.39 is 11.9 Å². The molecular formula is C12H14ClN3O2. The Morgan fingerprint density at radius 3 is 2.61 bits per heavy atom. The smallest absolute Gasteiger partial charge is 0.322 e. The van der Waals surface area contributed by atoms with Crippen LogP contribution in [0, 0.1) is 0 Å². The first-order valence-electron chi connectivity index (χ1n) is 5.70. The maximum Gasteiger partial charge on any atom is 0.322 e. The van der Waals surface area contributed by atoms with Crippen LogP contribution in [-0.4, -0.2) is 29.4 Å². The number of carbonyl (C=O) groups excluding carboxylic acids is 2. The van der Waals surface area contributed by atoms with Gasteiger partial charge in [0.15, 0.2) is 0 Å². The molecule has 0 bridgehead atoms. The minimum absolute atomic E-state index is 0.307. The van der Waals surface area contributed by atoms with Crippen molar-refractivity contribution in [2.45, 2.75) is 18.9 Å². The summed E-state index contributed by atoms with van der Waals surface area (Å²) < 4.78 is 0. The molecule has 0 spiro atoms. The van der Waals surface area contributed by atoms with Crippen LogP contribution in [0.2, 0.25) is 5.02 Å². The summed E-state index contributed by atoms with van der Waals surface area (Å²) in [4.78, 5) is 24.7. The normalized spacial score (nSPS) is 18.7. The zero-order valence-corrected chi connectivity index (χ0v) is 10.5. The van der Waals surface area contributed by atoms with Crippen LogP contribution in [0.15, 0.2) is 24.3 Å². The molecule has 2 rings (SSSR count). The number of amides is 3. The van der Waals surface area contributed by atoms with Gasteiger partial charge in [-0.2, -0.15) is 0 Å². The molecule has 1 aliphatic rings. The summed E-state index contributed by atoms with van der Waals surface area (Å²) in [5.41, 5.74) is 5.90. The first kappa shape index (κ1) is 12.7. The van der Waals surface area contributed by atoms with Crippen molar-refractivity contribution in [1.82, 2.24) is 4.90 Å². The van der Waals surface area contributed by atoms with Crippen LogP contribution in [0.5, 0.6) is 0 Å². The Balaban J connectivity index is 2.03. The molecule has 96 valence electrons. The fourth-order valence-corrected chi connectivity index (χ4v) is 2.16. The van der Waals surface area contributed by atoms with Crippen molar-refractivity contribution in [2.24, 2.45) is 5.73 Å². The quantitative estimate of drug-likeness (QED) is 0.858. The van der Waals surface area contributed by atoms with Gasteiger partial charge >= 0.3 is 6.03 Å². The molecule has 1 aliphatic heterocycles. The van der Waals surface area contributed by atoms with E-state index in [2.05, 4.69) is 5.32 Å². The zero-order chi connectivity index (χ0) is 13.1. The minimum atomic E-state index is -0.502. The second-order valence-corrected chi connectivity index (χ2v) is 4.63. The lowest BCUT2D eigenvalue weighted by Crippen LogP contribution is -2.45. The second-order valence-electron chi connectivity index (χ2n) is 4.19. The molecule has 0 unspecified atom stereocenters. The standard InChI is InChI=1S/C12H14ClN3O2/c13-8-3-5-9(6-4-8)15-12(18)16-7-1-2-10(16)11(14)17/h3-6,10H,1-2,7H2,(H2,14,17)(H,15,18)/t10-/m0/s1. The van der Waals surface area contributed by atoms with Crippen LogP contribution in [0.1, 0.15) is 12.8 Å². The first-order chi connectivity index (χ1) is 8.58. The highest BCUT2D eigenvalue weighted by Gasteiger charge is 2.32. The van der Waals surface area contributed by atoms with Gasteiger partial charge in [0, 0.05) is 17.3 Å². The summed E-state index contributed by atoms with van der Waals surface area (Å²) in [5.74, 6) is -0.459. The number of hydrogen-bond acceptors (Lipinski definition) is 2. The lowest BCUT2D eigenvalue weighted by molar-refractivity contribution is -0.121. The molecule has 1 atom stereocenters. The molecule has 6 heteroatoms. The van der Waals surface area contributed by atoms with Gasteiger partial charge in [-0.1, -0.05) is 11.6 Å². The summed E-state index contributed by atoms with van der Waals surface area (Å²) in [5, 5.41) is 3.32. The van der Waals surface area contributed by atoms with Crippen molar-refractivity contribution in [1.29, 1.82) is 0 Å². The number of hydrogen-bond donors (Lipinski definition) is 2. The SMILES string of the molecule is NC(=O)[C@@H]1CCCN1C(=O)Nc1ccc(Cl)cc1. The topological polar surface area (TPSA) is 75.4 Å². The van der Waals surface area contributed by atoms with Gasteiger partial charge in [0.05, 0.1) is 0 Å². The van der Waals surface area contributed by atoms with E-state index in [4.69, 9.17) is 17.3 Å². The van der Waals surface area contributed by atoms with Crippen molar-refractivity contribution in [2.75, 3.05) is 11.9 Å².